The SMILES string of the molecule is CCO[SiH](OCC)C(C)C1CCCCCC1. The normalized spacial score (nSPS) is 21.0. The van der Waals surface area contributed by atoms with Crippen LogP contribution in [0.3, 0.4) is 0 Å². The summed E-state index contributed by atoms with van der Waals surface area (Å²) in [7, 11) is -1.42. The van der Waals surface area contributed by atoms with E-state index in [9.17, 15) is 0 Å². The number of rotatable bonds is 6. The summed E-state index contributed by atoms with van der Waals surface area (Å²) in [6.07, 6.45) is 8.47. The fraction of sp³-hybridized carbons (Fsp3) is 1.00. The Balaban J connectivity index is 2.46. The Bertz CT molecular complexity index is 159. The minimum Gasteiger partial charge on any atom is -0.397 e. The summed E-state index contributed by atoms with van der Waals surface area (Å²) >= 11 is 0. The topological polar surface area (TPSA) is 18.5 Å². The Hall–Kier alpha value is 0.137. The molecule has 1 atom stereocenters. The summed E-state index contributed by atoms with van der Waals surface area (Å²) in [5, 5.41) is 0. The molecule has 0 saturated heterocycles. The van der Waals surface area contributed by atoms with Crippen LogP contribution >= 0.6 is 0 Å². The van der Waals surface area contributed by atoms with Gasteiger partial charge in [-0.3, -0.25) is 0 Å². The van der Waals surface area contributed by atoms with Crippen LogP contribution < -0.4 is 0 Å². The summed E-state index contributed by atoms with van der Waals surface area (Å²) in [4.78, 5) is 0. The summed E-state index contributed by atoms with van der Waals surface area (Å²) in [6, 6.07) is 0. The second kappa shape index (κ2) is 8.26. The zero-order valence-electron chi connectivity index (χ0n) is 11.2. The highest BCUT2D eigenvalue weighted by Crippen LogP contribution is 2.34. The quantitative estimate of drug-likeness (QED) is 0.524. The third-order valence-corrected chi connectivity index (χ3v) is 6.46. The standard InChI is InChI=1S/C13H28O2Si/c1-4-14-16(15-5-2)12(3)13-10-8-6-7-9-11-13/h12-13,16H,4-11H2,1-3H3. The summed E-state index contributed by atoms with van der Waals surface area (Å²) in [5.41, 5.74) is 0.679. The highest BCUT2D eigenvalue weighted by molar-refractivity contribution is 6.46. The predicted molar refractivity (Wildman–Crippen MR) is 71.0 cm³/mol. The molecule has 16 heavy (non-hydrogen) atoms. The summed E-state index contributed by atoms with van der Waals surface area (Å²) in [6.45, 7) is 8.15. The molecule has 0 radical (unpaired) electrons. The molecule has 1 fully saturated rings. The van der Waals surface area contributed by atoms with Crippen LogP contribution in [0, 0.1) is 5.92 Å². The first-order valence-electron chi connectivity index (χ1n) is 7.02. The van der Waals surface area contributed by atoms with Crippen LogP contribution in [0.5, 0.6) is 0 Å². The fourth-order valence-corrected chi connectivity index (χ4v) is 4.93. The van der Waals surface area contributed by atoms with Gasteiger partial charge < -0.3 is 8.85 Å². The van der Waals surface area contributed by atoms with Crippen molar-refractivity contribution in [1.82, 2.24) is 0 Å². The Morgan fingerprint density at radius 2 is 1.50 bits per heavy atom. The molecule has 0 N–H and O–H groups in total. The van der Waals surface area contributed by atoms with Crippen LogP contribution in [0.1, 0.15) is 59.3 Å². The van der Waals surface area contributed by atoms with E-state index in [0.717, 1.165) is 19.1 Å². The molecule has 0 spiro atoms. The van der Waals surface area contributed by atoms with Gasteiger partial charge in [0.15, 0.2) is 0 Å². The molecule has 0 aliphatic heterocycles. The largest absolute Gasteiger partial charge is 0.397 e. The summed E-state index contributed by atoms with van der Waals surface area (Å²) in [5.74, 6) is 0.859. The molecule has 1 rings (SSSR count). The van der Waals surface area contributed by atoms with Crippen molar-refractivity contribution in [2.24, 2.45) is 5.92 Å². The van der Waals surface area contributed by atoms with Crippen molar-refractivity contribution in [2.45, 2.75) is 64.8 Å². The van der Waals surface area contributed by atoms with E-state index in [1.54, 1.807) is 0 Å². The van der Waals surface area contributed by atoms with E-state index >= 15 is 0 Å². The zero-order valence-corrected chi connectivity index (χ0v) is 12.4. The molecule has 0 heterocycles. The molecular formula is C13H28O2Si. The molecule has 1 saturated carbocycles. The van der Waals surface area contributed by atoms with Crippen molar-refractivity contribution in [3.05, 3.63) is 0 Å². The first-order chi connectivity index (χ1) is 7.79. The van der Waals surface area contributed by atoms with Crippen molar-refractivity contribution in [3.63, 3.8) is 0 Å². The van der Waals surface area contributed by atoms with Crippen molar-refractivity contribution < 1.29 is 8.85 Å². The maximum Gasteiger partial charge on any atom is 0.324 e. The van der Waals surface area contributed by atoms with E-state index in [4.69, 9.17) is 8.85 Å². The second-order valence-electron chi connectivity index (χ2n) is 4.89. The Morgan fingerprint density at radius 1 is 1.00 bits per heavy atom. The Kier molecular flexibility index (Phi) is 7.33. The van der Waals surface area contributed by atoms with E-state index < -0.39 is 9.28 Å². The van der Waals surface area contributed by atoms with Crippen molar-refractivity contribution in [1.29, 1.82) is 0 Å². The molecule has 0 aromatic heterocycles. The fourth-order valence-electron chi connectivity index (χ4n) is 2.74. The van der Waals surface area contributed by atoms with Crippen LogP contribution in [0.2, 0.25) is 5.54 Å². The predicted octanol–water partition coefficient (Wildman–Crippen LogP) is 3.64. The average Bonchev–Trinajstić information content (AvgIpc) is 2.56. The van der Waals surface area contributed by atoms with Gasteiger partial charge in [-0.2, -0.15) is 0 Å². The third kappa shape index (κ3) is 4.56. The molecule has 0 amide bonds. The van der Waals surface area contributed by atoms with E-state index in [1.807, 2.05) is 0 Å². The van der Waals surface area contributed by atoms with E-state index in [1.165, 1.54) is 38.5 Å². The molecule has 0 aromatic carbocycles. The first kappa shape index (κ1) is 14.2. The minimum absolute atomic E-state index is 0.679. The lowest BCUT2D eigenvalue weighted by atomic mass is 9.97. The Morgan fingerprint density at radius 3 is 1.94 bits per heavy atom. The van der Waals surface area contributed by atoms with Crippen molar-refractivity contribution in [3.8, 4) is 0 Å². The van der Waals surface area contributed by atoms with E-state index in [-0.39, 0.29) is 0 Å². The van der Waals surface area contributed by atoms with Crippen LogP contribution in [-0.4, -0.2) is 22.5 Å². The second-order valence-corrected chi connectivity index (χ2v) is 7.34. The highest BCUT2D eigenvalue weighted by atomic mass is 28.3. The third-order valence-electron chi connectivity index (χ3n) is 3.73. The molecule has 3 heteroatoms. The molecule has 1 aliphatic carbocycles. The molecule has 2 nitrogen and oxygen atoms in total. The smallest absolute Gasteiger partial charge is 0.324 e. The minimum atomic E-state index is -1.42. The monoisotopic (exact) mass is 244 g/mol. The van der Waals surface area contributed by atoms with Crippen molar-refractivity contribution >= 4 is 9.28 Å². The maximum atomic E-state index is 5.85. The van der Waals surface area contributed by atoms with Gasteiger partial charge in [0.1, 0.15) is 0 Å². The average molecular weight is 244 g/mol. The van der Waals surface area contributed by atoms with E-state index in [2.05, 4.69) is 20.8 Å². The van der Waals surface area contributed by atoms with Gasteiger partial charge in [-0.05, 0) is 25.3 Å². The van der Waals surface area contributed by atoms with Gasteiger partial charge in [0.2, 0.25) is 0 Å². The number of hydrogen-bond acceptors (Lipinski definition) is 2. The van der Waals surface area contributed by atoms with Crippen LogP contribution in [0.4, 0.5) is 0 Å². The molecule has 96 valence electrons. The molecule has 1 unspecified atom stereocenters. The Labute approximate surface area is 103 Å². The first-order valence-corrected chi connectivity index (χ1v) is 8.63. The summed E-state index contributed by atoms with van der Waals surface area (Å²) < 4.78 is 11.7. The van der Waals surface area contributed by atoms with Gasteiger partial charge in [-0.15, -0.1) is 0 Å². The lowest BCUT2D eigenvalue weighted by Gasteiger charge is -2.28. The molecule has 0 bridgehead atoms. The van der Waals surface area contributed by atoms with Crippen molar-refractivity contribution in [2.75, 3.05) is 13.2 Å². The van der Waals surface area contributed by atoms with Crippen LogP contribution in [-0.2, 0) is 8.85 Å². The molecular weight excluding hydrogens is 216 g/mol. The lowest BCUT2D eigenvalue weighted by Crippen LogP contribution is -2.32. The van der Waals surface area contributed by atoms with E-state index in [0.29, 0.717) is 5.54 Å². The molecule has 1 aliphatic rings. The van der Waals surface area contributed by atoms with Gasteiger partial charge in [-0.1, -0.05) is 45.4 Å². The maximum absolute atomic E-state index is 5.85. The lowest BCUT2D eigenvalue weighted by molar-refractivity contribution is 0.193. The molecule has 0 aromatic rings. The van der Waals surface area contributed by atoms with Gasteiger partial charge >= 0.3 is 9.28 Å². The van der Waals surface area contributed by atoms with Gasteiger partial charge in [0.25, 0.3) is 0 Å². The van der Waals surface area contributed by atoms with Crippen LogP contribution in [0.15, 0.2) is 0 Å². The van der Waals surface area contributed by atoms with Gasteiger partial charge in [0.05, 0.1) is 0 Å². The zero-order chi connectivity index (χ0) is 11.8. The number of hydrogen-bond donors (Lipinski definition) is 0. The van der Waals surface area contributed by atoms with Gasteiger partial charge in [0, 0.05) is 13.2 Å². The van der Waals surface area contributed by atoms with Gasteiger partial charge in [-0.25, -0.2) is 0 Å². The van der Waals surface area contributed by atoms with Crippen LogP contribution in [0.25, 0.3) is 0 Å². The highest BCUT2D eigenvalue weighted by Gasteiger charge is 2.29.